The minimum Gasteiger partial charge on any atom is -0.486 e. The standard InChI is InChI=1S/C24H37NO6/c1-5-6-7-8-9-10-22(26)25-16-21(30-17-31-23(27)24(2,3)4)18-11-12-19-20(15-18)29-14-13-28-19/h11-12,15,21H,5-10,13-14,16-17H2,1-4H3,(H,25,26). The second-order valence-corrected chi connectivity index (χ2v) is 8.83. The Kier molecular flexibility index (Phi) is 10.1. The van der Waals surface area contributed by atoms with Crippen molar-refractivity contribution in [3.05, 3.63) is 23.8 Å². The lowest BCUT2D eigenvalue weighted by Gasteiger charge is -2.23. The fourth-order valence-corrected chi connectivity index (χ4v) is 3.10. The van der Waals surface area contributed by atoms with Crippen molar-refractivity contribution < 1.29 is 28.5 Å². The van der Waals surface area contributed by atoms with Crippen LogP contribution in [-0.2, 0) is 19.1 Å². The van der Waals surface area contributed by atoms with Crippen LogP contribution in [0, 0.1) is 5.41 Å². The number of rotatable bonds is 12. The fourth-order valence-electron chi connectivity index (χ4n) is 3.10. The molecule has 174 valence electrons. The molecule has 0 bridgehead atoms. The number of unbranched alkanes of at least 4 members (excludes halogenated alkanes) is 4. The summed E-state index contributed by atoms with van der Waals surface area (Å²) in [6, 6.07) is 5.55. The summed E-state index contributed by atoms with van der Waals surface area (Å²) in [6.45, 7) is 8.62. The smallest absolute Gasteiger partial charge is 0.313 e. The lowest BCUT2D eigenvalue weighted by atomic mass is 9.98. The molecule has 1 unspecified atom stereocenters. The lowest BCUT2D eigenvalue weighted by Crippen LogP contribution is -2.31. The highest BCUT2D eigenvalue weighted by Gasteiger charge is 2.24. The number of hydrogen-bond donors (Lipinski definition) is 1. The van der Waals surface area contributed by atoms with Gasteiger partial charge in [-0.1, -0.05) is 38.7 Å². The van der Waals surface area contributed by atoms with Gasteiger partial charge < -0.3 is 24.3 Å². The van der Waals surface area contributed by atoms with Crippen LogP contribution in [0.3, 0.4) is 0 Å². The van der Waals surface area contributed by atoms with E-state index < -0.39 is 11.5 Å². The van der Waals surface area contributed by atoms with E-state index in [9.17, 15) is 9.59 Å². The molecule has 31 heavy (non-hydrogen) atoms. The largest absolute Gasteiger partial charge is 0.486 e. The summed E-state index contributed by atoms with van der Waals surface area (Å²) < 4.78 is 22.3. The third-order valence-corrected chi connectivity index (χ3v) is 5.00. The van der Waals surface area contributed by atoms with Gasteiger partial charge in [0.05, 0.1) is 5.41 Å². The fraction of sp³-hybridized carbons (Fsp3) is 0.667. The number of nitrogens with one attached hydrogen (secondary N) is 1. The Labute approximate surface area is 185 Å². The van der Waals surface area contributed by atoms with Gasteiger partial charge in [0.1, 0.15) is 19.3 Å². The molecule has 0 fully saturated rings. The highest BCUT2D eigenvalue weighted by molar-refractivity contribution is 5.76. The van der Waals surface area contributed by atoms with Crippen LogP contribution < -0.4 is 14.8 Å². The molecule has 1 heterocycles. The maximum Gasteiger partial charge on any atom is 0.313 e. The van der Waals surface area contributed by atoms with Crippen LogP contribution in [-0.4, -0.2) is 38.4 Å². The molecule has 7 nitrogen and oxygen atoms in total. The average molecular weight is 436 g/mol. The SMILES string of the molecule is CCCCCCCC(=O)NCC(OCOC(=O)C(C)(C)C)c1ccc2c(c1)OCCO2. The van der Waals surface area contributed by atoms with Crippen LogP contribution in [0.2, 0.25) is 0 Å². The highest BCUT2D eigenvalue weighted by Crippen LogP contribution is 2.33. The zero-order valence-corrected chi connectivity index (χ0v) is 19.3. The van der Waals surface area contributed by atoms with Crippen LogP contribution in [0.15, 0.2) is 18.2 Å². The number of benzene rings is 1. The Morgan fingerprint density at radius 2 is 1.77 bits per heavy atom. The lowest BCUT2D eigenvalue weighted by molar-refractivity contribution is -0.170. The minimum absolute atomic E-state index is 0.00525. The van der Waals surface area contributed by atoms with Gasteiger partial charge in [0.2, 0.25) is 5.91 Å². The highest BCUT2D eigenvalue weighted by atomic mass is 16.7. The molecule has 1 amide bonds. The molecule has 1 atom stereocenters. The molecule has 0 aliphatic carbocycles. The Morgan fingerprint density at radius 3 is 2.48 bits per heavy atom. The topological polar surface area (TPSA) is 83.1 Å². The Bertz CT molecular complexity index is 713. The molecule has 1 aromatic carbocycles. The van der Waals surface area contributed by atoms with E-state index in [0.29, 0.717) is 31.1 Å². The molecular formula is C24H37NO6. The normalized spacial score (nSPS) is 14.1. The first-order valence-electron chi connectivity index (χ1n) is 11.3. The summed E-state index contributed by atoms with van der Waals surface area (Å²) in [5.74, 6) is 0.981. The summed E-state index contributed by atoms with van der Waals surface area (Å²) in [6.07, 6.45) is 5.50. The summed E-state index contributed by atoms with van der Waals surface area (Å²) >= 11 is 0. The van der Waals surface area contributed by atoms with E-state index in [1.165, 1.54) is 12.8 Å². The summed E-state index contributed by atoms with van der Waals surface area (Å²) in [7, 11) is 0. The maximum atomic E-state index is 12.3. The van der Waals surface area contributed by atoms with Gasteiger partial charge in [-0.15, -0.1) is 0 Å². The first-order chi connectivity index (χ1) is 14.8. The molecule has 0 aromatic heterocycles. The first kappa shape index (κ1) is 25.0. The van der Waals surface area contributed by atoms with Gasteiger partial charge in [-0.25, -0.2) is 0 Å². The number of esters is 1. The van der Waals surface area contributed by atoms with Gasteiger partial charge in [0.15, 0.2) is 18.3 Å². The monoisotopic (exact) mass is 435 g/mol. The molecule has 1 aliphatic rings. The molecule has 1 aliphatic heterocycles. The van der Waals surface area contributed by atoms with Gasteiger partial charge in [0.25, 0.3) is 0 Å². The number of ether oxygens (including phenoxy) is 4. The van der Waals surface area contributed by atoms with Crippen molar-refractivity contribution in [2.24, 2.45) is 5.41 Å². The molecule has 0 spiro atoms. The van der Waals surface area contributed by atoms with Crippen LogP contribution in [0.4, 0.5) is 0 Å². The Morgan fingerprint density at radius 1 is 1.06 bits per heavy atom. The molecule has 0 radical (unpaired) electrons. The van der Waals surface area contributed by atoms with E-state index in [2.05, 4.69) is 12.2 Å². The maximum absolute atomic E-state index is 12.3. The van der Waals surface area contributed by atoms with Gasteiger partial charge in [0, 0.05) is 13.0 Å². The van der Waals surface area contributed by atoms with Crippen LogP contribution in [0.25, 0.3) is 0 Å². The third kappa shape index (κ3) is 8.77. The summed E-state index contributed by atoms with van der Waals surface area (Å²) in [5, 5.41) is 2.94. The number of fused-ring (bicyclic) bond motifs is 1. The van der Waals surface area contributed by atoms with Crippen molar-refractivity contribution in [3.63, 3.8) is 0 Å². The minimum atomic E-state index is -0.609. The average Bonchev–Trinajstić information content (AvgIpc) is 2.74. The van der Waals surface area contributed by atoms with Crippen molar-refractivity contribution in [2.45, 2.75) is 72.3 Å². The van der Waals surface area contributed by atoms with Gasteiger partial charge in [-0.05, 0) is 44.9 Å². The second kappa shape index (κ2) is 12.5. The Balaban J connectivity index is 1.94. The van der Waals surface area contributed by atoms with Gasteiger partial charge in [-0.2, -0.15) is 0 Å². The van der Waals surface area contributed by atoms with Crippen molar-refractivity contribution >= 4 is 11.9 Å². The van der Waals surface area contributed by atoms with Crippen LogP contribution in [0.5, 0.6) is 11.5 Å². The predicted molar refractivity (Wildman–Crippen MR) is 118 cm³/mol. The van der Waals surface area contributed by atoms with Crippen LogP contribution >= 0.6 is 0 Å². The van der Waals surface area contributed by atoms with Crippen molar-refractivity contribution in [3.8, 4) is 11.5 Å². The van der Waals surface area contributed by atoms with Crippen molar-refractivity contribution in [2.75, 3.05) is 26.6 Å². The summed E-state index contributed by atoms with van der Waals surface area (Å²) in [5.41, 5.74) is 0.210. The molecule has 7 heteroatoms. The van der Waals surface area contributed by atoms with E-state index in [-0.39, 0.29) is 25.2 Å². The molecule has 1 N–H and O–H groups in total. The molecule has 0 saturated carbocycles. The third-order valence-electron chi connectivity index (χ3n) is 5.00. The van der Waals surface area contributed by atoms with Gasteiger partial charge >= 0.3 is 5.97 Å². The van der Waals surface area contributed by atoms with E-state index in [1.54, 1.807) is 20.8 Å². The van der Waals surface area contributed by atoms with E-state index in [1.807, 2.05) is 18.2 Å². The van der Waals surface area contributed by atoms with E-state index >= 15 is 0 Å². The number of carbonyl (C=O) groups is 2. The number of hydrogen-bond acceptors (Lipinski definition) is 6. The zero-order chi connectivity index (χ0) is 22.7. The number of amides is 1. The quantitative estimate of drug-likeness (QED) is 0.295. The first-order valence-corrected chi connectivity index (χ1v) is 11.3. The molecule has 1 aromatic rings. The second-order valence-electron chi connectivity index (χ2n) is 8.83. The predicted octanol–water partition coefficient (Wildman–Crippen LogP) is 4.54. The van der Waals surface area contributed by atoms with E-state index in [4.69, 9.17) is 18.9 Å². The molecule has 2 rings (SSSR count). The molecule has 0 saturated heterocycles. The Hall–Kier alpha value is -2.28. The van der Waals surface area contributed by atoms with Crippen molar-refractivity contribution in [1.82, 2.24) is 5.32 Å². The number of carbonyl (C=O) groups excluding carboxylic acids is 2. The van der Waals surface area contributed by atoms with E-state index in [0.717, 1.165) is 24.8 Å². The van der Waals surface area contributed by atoms with Crippen molar-refractivity contribution in [1.29, 1.82) is 0 Å². The van der Waals surface area contributed by atoms with Gasteiger partial charge in [-0.3, -0.25) is 9.59 Å². The van der Waals surface area contributed by atoms with Crippen LogP contribution in [0.1, 0.15) is 77.9 Å². The molecular weight excluding hydrogens is 398 g/mol. The zero-order valence-electron chi connectivity index (χ0n) is 19.3. The summed E-state index contributed by atoms with van der Waals surface area (Å²) in [4.78, 5) is 24.3.